The van der Waals surface area contributed by atoms with Crippen molar-refractivity contribution in [3.05, 3.63) is 84.3 Å². The van der Waals surface area contributed by atoms with E-state index in [1.54, 1.807) is 24.3 Å². The van der Waals surface area contributed by atoms with E-state index >= 15 is 0 Å². The second-order valence-electron chi connectivity index (χ2n) is 7.55. The second-order valence-corrected chi connectivity index (χ2v) is 7.55. The van der Waals surface area contributed by atoms with Gasteiger partial charge in [0.05, 0.1) is 5.69 Å². The number of benzene rings is 2. The number of amides is 1. The molecule has 0 saturated carbocycles. The Balaban J connectivity index is 1.55. The number of likely N-dealkylation sites (N-methyl/N-ethyl adjacent to an activating group) is 1. The van der Waals surface area contributed by atoms with Gasteiger partial charge in [-0.05, 0) is 73.3 Å². The molecule has 1 aromatic heterocycles. The van der Waals surface area contributed by atoms with Crippen molar-refractivity contribution in [3.63, 3.8) is 0 Å². The standard InChI is InChI=1S/C25H24FN3O2/c1-3-18-16-23(27-24(17-18)25(30)29-14-12-28(2)13-15-29)19-4-8-21(9-5-19)31-22-10-6-20(26)7-11-22/h3-11,16-17H,1,12-15H2,2H3. The number of aromatic nitrogens is 1. The Morgan fingerprint density at radius 1 is 1.00 bits per heavy atom. The summed E-state index contributed by atoms with van der Waals surface area (Å²) in [7, 11) is 2.06. The van der Waals surface area contributed by atoms with Crippen LogP contribution < -0.4 is 4.74 Å². The summed E-state index contributed by atoms with van der Waals surface area (Å²) in [5.41, 5.74) is 2.82. The number of hydrogen-bond donors (Lipinski definition) is 0. The molecule has 5 nitrogen and oxygen atoms in total. The summed E-state index contributed by atoms with van der Waals surface area (Å²) in [4.78, 5) is 21.7. The van der Waals surface area contributed by atoms with Gasteiger partial charge < -0.3 is 14.5 Å². The van der Waals surface area contributed by atoms with Gasteiger partial charge in [0.15, 0.2) is 0 Å². The van der Waals surface area contributed by atoms with Crippen molar-refractivity contribution in [3.8, 4) is 22.8 Å². The number of nitrogens with zero attached hydrogens (tertiary/aromatic N) is 3. The zero-order valence-corrected chi connectivity index (χ0v) is 17.4. The predicted molar refractivity (Wildman–Crippen MR) is 120 cm³/mol. The number of halogens is 1. The van der Waals surface area contributed by atoms with Crippen molar-refractivity contribution in [1.29, 1.82) is 0 Å². The summed E-state index contributed by atoms with van der Waals surface area (Å²) in [5, 5.41) is 0. The van der Waals surface area contributed by atoms with E-state index in [9.17, 15) is 9.18 Å². The Bertz CT molecular complexity index is 1070. The van der Waals surface area contributed by atoms with Crippen molar-refractivity contribution >= 4 is 12.0 Å². The summed E-state index contributed by atoms with van der Waals surface area (Å²) >= 11 is 0. The minimum absolute atomic E-state index is 0.0608. The molecule has 0 bridgehead atoms. The molecular weight excluding hydrogens is 393 g/mol. The Morgan fingerprint density at radius 2 is 1.61 bits per heavy atom. The smallest absolute Gasteiger partial charge is 0.272 e. The van der Waals surface area contributed by atoms with Gasteiger partial charge in [-0.1, -0.05) is 12.7 Å². The van der Waals surface area contributed by atoms with Gasteiger partial charge in [0, 0.05) is 31.7 Å². The van der Waals surface area contributed by atoms with E-state index in [0.29, 0.717) is 36.0 Å². The molecule has 0 spiro atoms. The minimum atomic E-state index is -0.308. The van der Waals surface area contributed by atoms with Gasteiger partial charge in [0.25, 0.3) is 5.91 Å². The molecule has 1 amide bonds. The Hall–Kier alpha value is -3.51. The van der Waals surface area contributed by atoms with E-state index < -0.39 is 0 Å². The van der Waals surface area contributed by atoms with Crippen LogP contribution in [-0.2, 0) is 0 Å². The second kappa shape index (κ2) is 9.10. The van der Waals surface area contributed by atoms with E-state index in [-0.39, 0.29) is 11.7 Å². The highest BCUT2D eigenvalue weighted by Gasteiger charge is 2.22. The lowest BCUT2D eigenvalue weighted by Crippen LogP contribution is -2.47. The molecule has 0 N–H and O–H groups in total. The Labute approximate surface area is 181 Å². The quantitative estimate of drug-likeness (QED) is 0.603. The lowest BCUT2D eigenvalue weighted by Gasteiger charge is -2.32. The molecule has 0 radical (unpaired) electrons. The molecule has 158 valence electrons. The fourth-order valence-electron chi connectivity index (χ4n) is 3.43. The van der Waals surface area contributed by atoms with E-state index in [2.05, 4.69) is 23.5 Å². The van der Waals surface area contributed by atoms with Crippen LogP contribution in [0.5, 0.6) is 11.5 Å². The number of pyridine rings is 1. The lowest BCUT2D eigenvalue weighted by atomic mass is 10.1. The monoisotopic (exact) mass is 417 g/mol. The SMILES string of the molecule is C=Cc1cc(C(=O)N2CCN(C)CC2)nc(-c2ccc(Oc3ccc(F)cc3)cc2)c1. The Morgan fingerprint density at radius 3 is 2.23 bits per heavy atom. The molecule has 2 heterocycles. The van der Waals surface area contributed by atoms with Gasteiger partial charge in [-0.2, -0.15) is 0 Å². The van der Waals surface area contributed by atoms with Gasteiger partial charge in [-0.15, -0.1) is 0 Å². The average Bonchev–Trinajstić information content (AvgIpc) is 2.81. The van der Waals surface area contributed by atoms with Crippen molar-refractivity contribution in [2.45, 2.75) is 0 Å². The highest BCUT2D eigenvalue weighted by Crippen LogP contribution is 2.26. The van der Waals surface area contributed by atoms with Crippen molar-refractivity contribution in [2.75, 3.05) is 33.2 Å². The van der Waals surface area contributed by atoms with Crippen LogP contribution in [0.2, 0.25) is 0 Å². The molecule has 1 fully saturated rings. The van der Waals surface area contributed by atoms with E-state index in [0.717, 1.165) is 24.2 Å². The van der Waals surface area contributed by atoms with Gasteiger partial charge in [-0.3, -0.25) is 4.79 Å². The zero-order valence-electron chi connectivity index (χ0n) is 17.4. The number of carbonyl (C=O) groups is 1. The molecule has 1 aliphatic rings. The van der Waals surface area contributed by atoms with E-state index in [1.807, 2.05) is 35.2 Å². The highest BCUT2D eigenvalue weighted by molar-refractivity contribution is 5.93. The number of hydrogen-bond acceptors (Lipinski definition) is 4. The summed E-state index contributed by atoms with van der Waals surface area (Å²) < 4.78 is 18.8. The molecule has 4 rings (SSSR count). The van der Waals surface area contributed by atoms with Gasteiger partial charge in [0.1, 0.15) is 23.0 Å². The van der Waals surface area contributed by atoms with Crippen LogP contribution in [-0.4, -0.2) is 53.9 Å². The van der Waals surface area contributed by atoms with Crippen LogP contribution >= 0.6 is 0 Å². The zero-order chi connectivity index (χ0) is 21.8. The maximum atomic E-state index is 13.1. The van der Waals surface area contributed by atoms with Crippen LogP contribution in [0.25, 0.3) is 17.3 Å². The first-order valence-corrected chi connectivity index (χ1v) is 10.2. The maximum Gasteiger partial charge on any atom is 0.272 e. The molecule has 1 aliphatic heterocycles. The van der Waals surface area contributed by atoms with Crippen LogP contribution in [0.3, 0.4) is 0 Å². The average molecular weight is 417 g/mol. The molecule has 3 aromatic rings. The van der Waals surface area contributed by atoms with Gasteiger partial charge in [-0.25, -0.2) is 9.37 Å². The minimum Gasteiger partial charge on any atom is -0.457 e. The van der Waals surface area contributed by atoms with E-state index in [1.165, 1.54) is 12.1 Å². The molecule has 2 aromatic carbocycles. The van der Waals surface area contributed by atoms with Crippen molar-refractivity contribution in [1.82, 2.24) is 14.8 Å². The lowest BCUT2D eigenvalue weighted by molar-refractivity contribution is 0.0658. The van der Waals surface area contributed by atoms with Crippen LogP contribution in [0, 0.1) is 5.82 Å². The molecule has 0 atom stereocenters. The van der Waals surface area contributed by atoms with Crippen LogP contribution in [0.1, 0.15) is 16.1 Å². The summed E-state index contributed by atoms with van der Waals surface area (Å²) in [5.74, 6) is 0.817. The summed E-state index contributed by atoms with van der Waals surface area (Å²) in [6.07, 6.45) is 1.72. The normalized spacial score (nSPS) is 14.3. The predicted octanol–water partition coefficient (Wildman–Crippen LogP) is 4.71. The Kier molecular flexibility index (Phi) is 6.09. The first-order valence-electron chi connectivity index (χ1n) is 10.2. The fourth-order valence-corrected chi connectivity index (χ4v) is 3.43. The fraction of sp³-hybridized carbons (Fsp3) is 0.200. The third-order valence-corrected chi connectivity index (χ3v) is 5.29. The number of carbonyl (C=O) groups excluding carboxylic acids is 1. The number of piperazine rings is 1. The van der Waals surface area contributed by atoms with Crippen molar-refractivity contribution < 1.29 is 13.9 Å². The molecule has 0 aliphatic carbocycles. The molecule has 1 saturated heterocycles. The van der Waals surface area contributed by atoms with Gasteiger partial charge >= 0.3 is 0 Å². The maximum absolute atomic E-state index is 13.1. The number of ether oxygens (including phenoxy) is 1. The highest BCUT2D eigenvalue weighted by atomic mass is 19.1. The molecule has 31 heavy (non-hydrogen) atoms. The van der Waals surface area contributed by atoms with Gasteiger partial charge in [0.2, 0.25) is 0 Å². The topological polar surface area (TPSA) is 45.7 Å². The van der Waals surface area contributed by atoms with Crippen LogP contribution in [0.15, 0.2) is 67.2 Å². The first-order chi connectivity index (χ1) is 15.0. The summed E-state index contributed by atoms with van der Waals surface area (Å²) in [6, 6.07) is 17.0. The van der Waals surface area contributed by atoms with Crippen LogP contribution in [0.4, 0.5) is 4.39 Å². The largest absolute Gasteiger partial charge is 0.457 e. The summed E-state index contributed by atoms with van der Waals surface area (Å²) in [6.45, 7) is 6.95. The third-order valence-electron chi connectivity index (χ3n) is 5.29. The van der Waals surface area contributed by atoms with E-state index in [4.69, 9.17) is 4.74 Å². The van der Waals surface area contributed by atoms with Crippen molar-refractivity contribution in [2.24, 2.45) is 0 Å². The number of rotatable bonds is 5. The molecular formula is C25H24FN3O2. The molecule has 6 heteroatoms. The third kappa shape index (κ3) is 4.98. The molecule has 0 unspecified atom stereocenters. The first kappa shape index (κ1) is 20.8.